The number of ether oxygens (including phenoxy) is 3. The van der Waals surface area contributed by atoms with Gasteiger partial charge in [-0.05, 0) is 44.5 Å². The number of aliphatic hydroxyl groups is 1. The van der Waals surface area contributed by atoms with Crippen LogP contribution < -0.4 is 25.5 Å². The molecule has 2 amide bonds. The third-order valence-corrected chi connectivity index (χ3v) is 6.68. The monoisotopic (exact) mass is 561 g/mol. The highest BCUT2D eigenvalue weighted by atomic mass is 16.5. The number of allylic oxidation sites excluding steroid dienone is 2. The number of para-hydroxylation sites is 1. The van der Waals surface area contributed by atoms with Gasteiger partial charge in [-0.15, -0.1) is 6.58 Å². The van der Waals surface area contributed by atoms with Crippen LogP contribution in [0.25, 0.3) is 10.9 Å². The van der Waals surface area contributed by atoms with Gasteiger partial charge in [-0.1, -0.05) is 30.3 Å². The summed E-state index contributed by atoms with van der Waals surface area (Å²) in [7, 11) is 1.28. The van der Waals surface area contributed by atoms with Gasteiger partial charge in [-0.2, -0.15) is 5.10 Å². The zero-order valence-electron chi connectivity index (χ0n) is 23.6. The van der Waals surface area contributed by atoms with Gasteiger partial charge in [0.05, 0.1) is 31.5 Å². The van der Waals surface area contributed by atoms with E-state index in [-0.39, 0.29) is 12.2 Å². The van der Waals surface area contributed by atoms with E-state index in [0.29, 0.717) is 35.9 Å². The number of amides is 2. The Labute approximate surface area is 238 Å². The maximum atomic E-state index is 12.4. The zero-order valence-corrected chi connectivity index (χ0v) is 23.6. The van der Waals surface area contributed by atoms with Crippen LogP contribution in [-0.2, 0) is 16.1 Å². The number of nitrogens with zero attached hydrogens (tertiary/aromatic N) is 2. The highest BCUT2D eigenvalue weighted by Crippen LogP contribution is 2.35. The van der Waals surface area contributed by atoms with Gasteiger partial charge in [0.2, 0.25) is 0 Å². The maximum Gasteiger partial charge on any atom is 0.337 e. The van der Waals surface area contributed by atoms with Gasteiger partial charge in [0.15, 0.2) is 17.7 Å². The average molecular weight is 562 g/mol. The van der Waals surface area contributed by atoms with E-state index >= 15 is 0 Å². The Morgan fingerprint density at radius 1 is 1.22 bits per heavy atom. The number of aliphatic hydroxyl groups excluding tert-OH is 1. The standard InChI is InChI=1S/C30H35N5O6/c1-6-14-35-19(4)22(21-10-8-9-11-23(21)35)16-31-34-26(36)17-41-24-13-12-20(15-25(24)40-7-2)28-27(29(37)39-5)18(3)32-30(38)33-28/h6,8-13,15-16,26,28,34,36H,1,7,14,17H2,2-5H3,(H2,32,33,38)/b31-16-/t26-,28-/m0/s1. The van der Waals surface area contributed by atoms with Crippen molar-refractivity contribution < 1.29 is 28.9 Å². The van der Waals surface area contributed by atoms with Crippen LogP contribution >= 0.6 is 0 Å². The van der Waals surface area contributed by atoms with Crippen molar-refractivity contribution in [3.05, 3.63) is 83.2 Å². The first-order valence-corrected chi connectivity index (χ1v) is 13.2. The second kappa shape index (κ2) is 13.1. The van der Waals surface area contributed by atoms with Crippen LogP contribution in [0.4, 0.5) is 4.79 Å². The Morgan fingerprint density at radius 3 is 2.73 bits per heavy atom. The van der Waals surface area contributed by atoms with Gasteiger partial charge < -0.3 is 34.5 Å². The minimum Gasteiger partial charge on any atom is -0.490 e. The third-order valence-electron chi connectivity index (χ3n) is 6.68. The third kappa shape index (κ3) is 6.36. The Morgan fingerprint density at radius 2 is 2.00 bits per heavy atom. The van der Waals surface area contributed by atoms with Gasteiger partial charge in [0, 0.05) is 34.4 Å². The average Bonchev–Trinajstić information content (AvgIpc) is 3.22. The molecule has 2 heterocycles. The number of methoxy groups -OCH3 is 1. The maximum absolute atomic E-state index is 12.4. The zero-order chi connectivity index (χ0) is 29.5. The van der Waals surface area contributed by atoms with E-state index in [0.717, 1.165) is 22.2 Å². The second-order valence-electron chi connectivity index (χ2n) is 9.33. The number of hydrogen-bond acceptors (Lipinski definition) is 8. The normalized spacial score (nSPS) is 15.8. The topological polar surface area (TPSA) is 135 Å². The first-order valence-electron chi connectivity index (χ1n) is 13.2. The van der Waals surface area contributed by atoms with Gasteiger partial charge in [-0.3, -0.25) is 5.43 Å². The SMILES string of the molecule is C=CCn1c(C)c(/C=N\N[C@@H](O)COc2ccc([C@@H]3NC(=O)NC(C)=C3C(=O)OC)cc2OCC)c2ccccc21. The first-order chi connectivity index (χ1) is 19.8. The number of hydrazone groups is 1. The number of carbonyl (C=O) groups is 2. The molecule has 216 valence electrons. The van der Waals surface area contributed by atoms with Crippen molar-refractivity contribution in [3.63, 3.8) is 0 Å². The molecule has 0 fully saturated rings. The lowest BCUT2D eigenvalue weighted by Gasteiger charge is -2.28. The predicted octanol–water partition coefficient (Wildman–Crippen LogP) is 3.66. The molecular weight excluding hydrogens is 526 g/mol. The minimum absolute atomic E-state index is 0.121. The highest BCUT2D eigenvalue weighted by molar-refractivity contribution is 6.01. The molecule has 0 saturated heterocycles. The van der Waals surface area contributed by atoms with Crippen molar-refractivity contribution in [2.45, 2.75) is 39.6 Å². The smallest absolute Gasteiger partial charge is 0.337 e. The molecule has 0 spiro atoms. The number of hydrogen-bond donors (Lipinski definition) is 4. The van der Waals surface area contributed by atoms with Crippen LogP contribution in [0.3, 0.4) is 0 Å². The fraction of sp³-hybridized carbons (Fsp3) is 0.300. The van der Waals surface area contributed by atoms with Crippen LogP contribution in [0.15, 0.2) is 71.5 Å². The Bertz CT molecular complexity index is 1510. The van der Waals surface area contributed by atoms with Gasteiger partial charge in [0.25, 0.3) is 0 Å². The molecule has 11 nitrogen and oxygen atoms in total. The summed E-state index contributed by atoms with van der Waals surface area (Å²) in [5, 5.41) is 21.1. The largest absolute Gasteiger partial charge is 0.490 e. The lowest BCUT2D eigenvalue weighted by molar-refractivity contribution is -0.136. The van der Waals surface area contributed by atoms with Gasteiger partial charge >= 0.3 is 12.0 Å². The van der Waals surface area contributed by atoms with Crippen molar-refractivity contribution in [3.8, 4) is 11.5 Å². The van der Waals surface area contributed by atoms with Crippen LogP contribution in [0, 0.1) is 6.92 Å². The molecule has 11 heteroatoms. The van der Waals surface area contributed by atoms with Crippen molar-refractivity contribution in [2.24, 2.45) is 5.10 Å². The summed E-state index contributed by atoms with van der Waals surface area (Å²) in [4.78, 5) is 24.6. The molecule has 3 aromatic rings. The Balaban J connectivity index is 1.47. The molecule has 4 N–H and O–H groups in total. The fourth-order valence-corrected chi connectivity index (χ4v) is 4.80. The van der Waals surface area contributed by atoms with E-state index in [1.54, 1.807) is 31.3 Å². The molecule has 1 aliphatic heterocycles. The molecule has 1 aliphatic rings. The number of benzene rings is 2. The molecule has 0 bridgehead atoms. The minimum atomic E-state index is -1.11. The highest BCUT2D eigenvalue weighted by Gasteiger charge is 2.32. The molecule has 0 radical (unpaired) electrons. The molecule has 41 heavy (non-hydrogen) atoms. The van der Waals surface area contributed by atoms with E-state index in [4.69, 9.17) is 14.2 Å². The van der Waals surface area contributed by atoms with Gasteiger partial charge in [0.1, 0.15) is 6.61 Å². The number of nitrogens with one attached hydrogen (secondary N) is 3. The van der Waals surface area contributed by atoms with Crippen LogP contribution in [-0.4, -0.2) is 54.4 Å². The lowest BCUT2D eigenvalue weighted by atomic mass is 9.95. The molecule has 1 aromatic heterocycles. The number of carbonyl (C=O) groups excluding carboxylic acids is 2. The molecule has 0 aliphatic carbocycles. The van der Waals surface area contributed by atoms with E-state index in [1.807, 2.05) is 44.2 Å². The van der Waals surface area contributed by atoms with Crippen molar-refractivity contribution in [1.82, 2.24) is 20.6 Å². The Hall–Kier alpha value is -4.77. The summed E-state index contributed by atoms with van der Waals surface area (Å²) < 4.78 is 18.7. The molecule has 2 atom stereocenters. The van der Waals surface area contributed by atoms with Crippen LogP contribution in [0.2, 0.25) is 0 Å². The number of urea groups is 1. The number of fused-ring (bicyclic) bond motifs is 1. The summed E-state index contributed by atoms with van der Waals surface area (Å²) in [6, 6.07) is 11.9. The summed E-state index contributed by atoms with van der Waals surface area (Å²) in [6.07, 6.45) is 2.42. The van der Waals surface area contributed by atoms with E-state index < -0.39 is 24.3 Å². The van der Waals surface area contributed by atoms with Crippen molar-refractivity contribution in [2.75, 3.05) is 20.3 Å². The van der Waals surface area contributed by atoms with Crippen molar-refractivity contribution in [1.29, 1.82) is 0 Å². The number of aromatic nitrogens is 1. The molecule has 0 unspecified atom stereocenters. The van der Waals surface area contributed by atoms with Crippen molar-refractivity contribution >= 4 is 29.1 Å². The molecule has 2 aromatic carbocycles. The molecular formula is C30H35N5O6. The van der Waals surface area contributed by atoms with E-state index in [1.165, 1.54) is 7.11 Å². The van der Waals surface area contributed by atoms with Crippen LogP contribution in [0.5, 0.6) is 11.5 Å². The quantitative estimate of drug-likeness (QED) is 0.0871. The van der Waals surface area contributed by atoms with Crippen LogP contribution in [0.1, 0.15) is 36.7 Å². The summed E-state index contributed by atoms with van der Waals surface area (Å²) in [6.45, 7) is 10.2. The number of rotatable bonds is 12. The van der Waals surface area contributed by atoms with E-state index in [2.05, 4.69) is 32.3 Å². The fourth-order valence-electron chi connectivity index (χ4n) is 4.80. The molecule has 4 rings (SSSR count). The second-order valence-corrected chi connectivity index (χ2v) is 9.33. The lowest BCUT2D eigenvalue weighted by Crippen LogP contribution is -2.45. The van der Waals surface area contributed by atoms with E-state index in [9.17, 15) is 14.7 Å². The summed E-state index contributed by atoms with van der Waals surface area (Å²) in [5.41, 5.74) is 7.04. The molecule has 0 saturated carbocycles. The van der Waals surface area contributed by atoms with Gasteiger partial charge in [-0.25, -0.2) is 9.59 Å². The summed E-state index contributed by atoms with van der Waals surface area (Å²) in [5.74, 6) is 0.207. The first kappa shape index (κ1) is 29.2. The summed E-state index contributed by atoms with van der Waals surface area (Å²) >= 11 is 0. The Kier molecular flexibility index (Phi) is 9.30. The predicted molar refractivity (Wildman–Crippen MR) is 156 cm³/mol. The number of esters is 1.